The molecule has 0 saturated carbocycles. The summed E-state index contributed by atoms with van der Waals surface area (Å²) >= 11 is 0. The van der Waals surface area contributed by atoms with Gasteiger partial charge in [-0.05, 0) is 5.92 Å². The second-order valence-corrected chi connectivity index (χ2v) is 7.31. The Balaban J connectivity index is 4.22. The molecule has 0 heterocycles. The van der Waals surface area contributed by atoms with Gasteiger partial charge in [0.1, 0.15) is 12.1 Å². The lowest BCUT2D eigenvalue weighted by molar-refractivity contribution is -0.144. The summed E-state index contributed by atoms with van der Waals surface area (Å²) in [5, 5.41) is 11.3. The molecule has 0 aromatic heterocycles. The molecule has 0 aromatic carbocycles. The van der Waals surface area contributed by atoms with Gasteiger partial charge >= 0.3 is 11.9 Å². The van der Waals surface area contributed by atoms with Gasteiger partial charge in [-0.2, -0.15) is 0 Å². The van der Waals surface area contributed by atoms with Crippen molar-refractivity contribution in [2.24, 2.45) is 11.7 Å². The second-order valence-electron chi connectivity index (χ2n) is 4.75. The van der Waals surface area contributed by atoms with Crippen LogP contribution in [0.3, 0.4) is 0 Å². The van der Waals surface area contributed by atoms with Crippen molar-refractivity contribution in [2.75, 3.05) is 18.6 Å². The standard InChI is InChI=1S/C12H22N2O5S2/c1-7(2)4-10(15)14-9(12(18)19-3)6-21-20-5-8(13)11(16)17/h7-9H,4-6,13H2,1-3H3,(H,14,15)(H,16,17)/t8?,9-/m0/s1. The first-order valence-corrected chi connectivity index (χ1v) is 8.86. The molecule has 2 atom stereocenters. The van der Waals surface area contributed by atoms with Crippen LogP contribution in [0.2, 0.25) is 0 Å². The fourth-order valence-electron chi connectivity index (χ4n) is 1.24. The van der Waals surface area contributed by atoms with Crippen molar-refractivity contribution in [3.63, 3.8) is 0 Å². The van der Waals surface area contributed by atoms with E-state index in [1.165, 1.54) is 28.7 Å². The molecule has 9 heteroatoms. The van der Waals surface area contributed by atoms with E-state index in [4.69, 9.17) is 10.8 Å². The molecular formula is C12H22N2O5S2. The lowest BCUT2D eigenvalue weighted by Gasteiger charge is -2.16. The van der Waals surface area contributed by atoms with Gasteiger partial charge in [0.15, 0.2) is 0 Å². The number of carbonyl (C=O) groups excluding carboxylic acids is 2. The van der Waals surface area contributed by atoms with Gasteiger partial charge in [-0.3, -0.25) is 9.59 Å². The van der Waals surface area contributed by atoms with Gasteiger partial charge in [-0.15, -0.1) is 0 Å². The topological polar surface area (TPSA) is 119 Å². The number of carbonyl (C=O) groups is 3. The summed E-state index contributed by atoms with van der Waals surface area (Å²) in [4.78, 5) is 33.8. The van der Waals surface area contributed by atoms with Crippen LogP contribution < -0.4 is 11.1 Å². The number of carboxylic acids is 1. The Hall–Kier alpha value is -0.930. The molecule has 0 aliphatic heterocycles. The quantitative estimate of drug-likeness (QED) is 0.299. The molecule has 21 heavy (non-hydrogen) atoms. The van der Waals surface area contributed by atoms with Crippen LogP contribution in [0.15, 0.2) is 0 Å². The lowest BCUT2D eigenvalue weighted by Crippen LogP contribution is -2.43. The summed E-state index contributed by atoms with van der Waals surface area (Å²) in [5.41, 5.74) is 5.36. The molecule has 4 N–H and O–H groups in total. The number of nitrogens with one attached hydrogen (secondary N) is 1. The predicted molar refractivity (Wildman–Crippen MR) is 83.9 cm³/mol. The highest BCUT2D eigenvalue weighted by molar-refractivity contribution is 8.76. The zero-order valence-electron chi connectivity index (χ0n) is 12.3. The van der Waals surface area contributed by atoms with Crippen molar-refractivity contribution < 1.29 is 24.2 Å². The van der Waals surface area contributed by atoms with Crippen molar-refractivity contribution in [3.05, 3.63) is 0 Å². The third kappa shape index (κ3) is 9.59. The molecule has 7 nitrogen and oxygen atoms in total. The van der Waals surface area contributed by atoms with Crippen molar-refractivity contribution in [1.82, 2.24) is 5.32 Å². The van der Waals surface area contributed by atoms with E-state index in [9.17, 15) is 14.4 Å². The second kappa shape index (κ2) is 10.7. The normalized spacial score (nSPS) is 13.6. The van der Waals surface area contributed by atoms with Crippen molar-refractivity contribution in [3.8, 4) is 0 Å². The fraction of sp³-hybridized carbons (Fsp3) is 0.750. The molecule has 0 fully saturated rings. The van der Waals surface area contributed by atoms with Crippen LogP contribution in [0.5, 0.6) is 0 Å². The summed E-state index contributed by atoms with van der Waals surface area (Å²) in [5.74, 6) is -1.12. The van der Waals surface area contributed by atoms with Gasteiger partial charge in [-0.1, -0.05) is 35.4 Å². The third-order valence-electron chi connectivity index (χ3n) is 2.30. The van der Waals surface area contributed by atoms with Gasteiger partial charge in [-0.25, -0.2) is 4.79 Å². The molecule has 0 aromatic rings. The zero-order chi connectivity index (χ0) is 16.4. The van der Waals surface area contributed by atoms with Crippen LogP contribution in [0.4, 0.5) is 0 Å². The van der Waals surface area contributed by atoms with Gasteiger partial charge in [0, 0.05) is 17.9 Å². The molecule has 0 bridgehead atoms. The maximum absolute atomic E-state index is 11.7. The summed E-state index contributed by atoms with van der Waals surface area (Å²) < 4.78 is 4.64. The van der Waals surface area contributed by atoms with Crippen LogP contribution in [-0.2, 0) is 19.1 Å². The number of ether oxygens (including phenoxy) is 1. The van der Waals surface area contributed by atoms with E-state index >= 15 is 0 Å². The Kier molecular flexibility index (Phi) is 10.3. The third-order valence-corrected chi connectivity index (χ3v) is 4.75. The van der Waals surface area contributed by atoms with Crippen LogP contribution >= 0.6 is 21.6 Å². The van der Waals surface area contributed by atoms with Crippen molar-refractivity contribution in [1.29, 1.82) is 0 Å². The average Bonchev–Trinajstić information content (AvgIpc) is 2.39. The van der Waals surface area contributed by atoms with Gasteiger partial charge in [0.05, 0.1) is 7.11 Å². The number of hydrogen-bond donors (Lipinski definition) is 3. The Bertz CT molecular complexity index is 366. The summed E-state index contributed by atoms with van der Waals surface area (Å²) in [6.45, 7) is 3.81. The molecule has 0 spiro atoms. The SMILES string of the molecule is COC(=O)[C@H](CSSCC(N)C(=O)O)NC(=O)CC(C)C. The fourth-order valence-corrected chi connectivity index (χ4v) is 3.51. The largest absolute Gasteiger partial charge is 0.480 e. The Morgan fingerprint density at radius 2 is 1.81 bits per heavy atom. The first-order chi connectivity index (χ1) is 9.77. The lowest BCUT2D eigenvalue weighted by atomic mass is 10.1. The number of amides is 1. The van der Waals surface area contributed by atoms with E-state index in [1.54, 1.807) is 0 Å². The first kappa shape index (κ1) is 20.1. The van der Waals surface area contributed by atoms with E-state index in [1.807, 2.05) is 13.8 Å². The van der Waals surface area contributed by atoms with Crippen molar-refractivity contribution >= 4 is 39.4 Å². The Morgan fingerprint density at radius 1 is 1.24 bits per heavy atom. The highest BCUT2D eigenvalue weighted by Gasteiger charge is 2.22. The number of carboxylic acid groups (broad SMARTS) is 1. The van der Waals surface area contributed by atoms with E-state index < -0.39 is 24.0 Å². The number of rotatable bonds is 10. The predicted octanol–water partition coefficient (Wildman–Crippen LogP) is 0.484. The van der Waals surface area contributed by atoms with Gasteiger partial charge in [0.2, 0.25) is 5.91 Å². The molecule has 0 aliphatic rings. The minimum Gasteiger partial charge on any atom is -0.480 e. The van der Waals surface area contributed by atoms with Crippen LogP contribution in [0, 0.1) is 5.92 Å². The number of nitrogens with two attached hydrogens (primary N) is 1. The van der Waals surface area contributed by atoms with E-state index in [0.29, 0.717) is 6.42 Å². The summed E-state index contributed by atoms with van der Waals surface area (Å²) in [6.07, 6.45) is 0.329. The van der Waals surface area contributed by atoms with Crippen LogP contribution in [0.1, 0.15) is 20.3 Å². The Morgan fingerprint density at radius 3 is 2.29 bits per heavy atom. The highest BCUT2D eigenvalue weighted by atomic mass is 33.1. The van der Waals surface area contributed by atoms with Crippen LogP contribution in [-0.4, -0.2) is 53.7 Å². The molecule has 0 aliphatic carbocycles. The number of aliphatic carboxylic acids is 1. The molecule has 1 unspecified atom stereocenters. The molecule has 0 saturated heterocycles. The average molecular weight is 338 g/mol. The molecule has 122 valence electrons. The molecule has 1 amide bonds. The van der Waals surface area contributed by atoms with Crippen molar-refractivity contribution in [2.45, 2.75) is 32.4 Å². The molecule has 0 radical (unpaired) electrons. The smallest absolute Gasteiger partial charge is 0.329 e. The van der Waals surface area contributed by atoms with Gasteiger partial charge in [0.25, 0.3) is 0 Å². The molecular weight excluding hydrogens is 316 g/mol. The summed E-state index contributed by atoms with van der Waals surface area (Å²) in [7, 11) is 3.76. The van der Waals surface area contributed by atoms with E-state index in [2.05, 4.69) is 10.1 Å². The minimum atomic E-state index is -1.07. The van der Waals surface area contributed by atoms with E-state index in [-0.39, 0.29) is 23.3 Å². The molecule has 0 rings (SSSR count). The Labute approximate surface area is 132 Å². The maximum atomic E-state index is 11.7. The maximum Gasteiger partial charge on any atom is 0.329 e. The highest BCUT2D eigenvalue weighted by Crippen LogP contribution is 2.23. The van der Waals surface area contributed by atoms with Gasteiger partial charge < -0.3 is 20.9 Å². The first-order valence-electron chi connectivity index (χ1n) is 6.37. The van der Waals surface area contributed by atoms with Crippen LogP contribution in [0.25, 0.3) is 0 Å². The number of hydrogen-bond acceptors (Lipinski definition) is 7. The minimum absolute atomic E-state index is 0.193. The zero-order valence-corrected chi connectivity index (χ0v) is 14.0. The summed E-state index contributed by atoms with van der Waals surface area (Å²) in [6, 6.07) is -1.70. The number of methoxy groups -OCH3 is 1. The van der Waals surface area contributed by atoms with E-state index in [0.717, 1.165) is 0 Å². The monoisotopic (exact) mass is 338 g/mol. The number of esters is 1.